The quantitative estimate of drug-likeness (QED) is 0.649. The second-order valence-electron chi connectivity index (χ2n) is 8.16. The van der Waals surface area contributed by atoms with Gasteiger partial charge < -0.3 is 5.32 Å². The molecule has 1 N–H and O–H groups in total. The topological polar surface area (TPSA) is 66.5 Å². The molecule has 168 valence electrons. The average Bonchev–Trinajstić information content (AvgIpc) is 2.75. The van der Waals surface area contributed by atoms with Crippen LogP contribution in [0, 0.1) is 5.82 Å². The number of benzene rings is 2. The Morgan fingerprint density at radius 2 is 1.68 bits per heavy atom. The Morgan fingerprint density at radius 1 is 1.03 bits per heavy atom. The van der Waals surface area contributed by atoms with E-state index in [2.05, 4.69) is 23.5 Å². The number of halogens is 1. The van der Waals surface area contributed by atoms with Crippen molar-refractivity contribution in [1.82, 2.24) is 5.32 Å². The molecule has 0 saturated carbocycles. The van der Waals surface area contributed by atoms with Crippen molar-refractivity contribution in [1.29, 1.82) is 0 Å². The number of rotatable bonds is 8. The zero-order valence-electron chi connectivity index (χ0n) is 18.4. The van der Waals surface area contributed by atoms with Crippen LogP contribution in [0.4, 0.5) is 10.1 Å². The number of carbonyl (C=O) groups is 1. The zero-order valence-corrected chi connectivity index (χ0v) is 19.2. The van der Waals surface area contributed by atoms with E-state index in [1.807, 2.05) is 6.92 Å². The molecule has 2 aromatic rings. The molecule has 0 aliphatic heterocycles. The Kier molecular flexibility index (Phi) is 7.36. The molecule has 1 amide bonds. The highest BCUT2D eigenvalue weighted by Gasteiger charge is 2.32. The van der Waals surface area contributed by atoms with Crippen LogP contribution in [0.3, 0.4) is 0 Å². The number of aryl methyl sites for hydroxylation is 2. The summed E-state index contributed by atoms with van der Waals surface area (Å²) in [6, 6.07) is 10.4. The third kappa shape index (κ3) is 5.45. The van der Waals surface area contributed by atoms with Crippen molar-refractivity contribution in [2.45, 2.75) is 64.5 Å². The second kappa shape index (κ2) is 9.81. The molecule has 0 saturated heterocycles. The van der Waals surface area contributed by atoms with E-state index in [0.29, 0.717) is 6.42 Å². The van der Waals surface area contributed by atoms with Gasteiger partial charge in [0.25, 0.3) is 0 Å². The maximum Gasteiger partial charge on any atom is 0.244 e. The van der Waals surface area contributed by atoms with Gasteiger partial charge >= 0.3 is 0 Å². The fraction of sp³-hybridized carbons (Fsp3) is 0.458. The highest BCUT2D eigenvalue weighted by molar-refractivity contribution is 7.92. The smallest absolute Gasteiger partial charge is 0.244 e. The van der Waals surface area contributed by atoms with Gasteiger partial charge in [-0.05, 0) is 79.5 Å². The molecule has 0 aromatic heterocycles. The van der Waals surface area contributed by atoms with E-state index in [1.54, 1.807) is 6.92 Å². The van der Waals surface area contributed by atoms with E-state index in [1.165, 1.54) is 48.2 Å². The number of anilines is 1. The molecule has 5 nitrogen and oxygen atoms in total. The minimum absolute atomic E-state index is 0.205. The molecule has 0 bridgehead atoms. The Balaban J connectivity index is 1.86. The molecule has 1 aliphatic carbocycles. The van der Waals surface area contributed by atoms with E-state index in [4.69, 9.17) is 0 Å². The fourth-order valence-electron chi connectivity index (χ4n) is 4.31. The molecular formula is C24H31FN2O3S. The SMILES string of the molecule is CC[C@@H](NC(=O)[C@H](CC)N(c1ccc(F)cc1)S(C)(=O)=O)c1ccc2c(c1)CCCC2. The van der Waals surface area contributed by atoms with Crippen molar-refractivity contribution in [3.8, 4) is 0 Å². The van der Waals surface area contributed by atoms with Crippen molar-refractivity contribution >= 4 is 21.6 Å². The van der Waals surface area contributed by atoms with Crippen molar-refractivity contribution in [2.24, 2.45) is 0 Å². The Hall–Kier alpha value is -2.41. The summed E-state index contributed by atoms with van der Waals surface area (Å²) in [6.45, 7) is 3.77. The van der Waals surface area contributed by atoms with Crippen LogP contribution in [0.1, 0.15) is 62.3 Å². The van der Waals surface area contributed by atoms with Gasteiger partial charge in [-0.2, -0.15) is 0 Å². The summed E-state index contributed by atoms with van der Waals surface area (Å²) >= 11 is 0. The standard InChI is InChI=1S/C24H31FN2O3S/c1-4-22(19-11-10-17-8-6-7-9-18(17)16-19)26-24(28)23(5-2)27(31(3,29)30)21-14-12-20(25)13-15-21/h10-16,22-23H,4-9H2,1-3H3,(H,26,28)/t22-,23+/m1/s1. The van der Waals surface area contributed by atoms with Crippen LogP contribution in [0.5, 0.6) is 0 Å². The lowest BCUT2D eigenvalue weighted by molar-refractivity contribution is -0.123. The normalized spacial score (nSPS) is 15.6. The molecule has 31 heavy (non-hydrogen) atoms. The van der Waals surface area contributed by atoms with Crippen molar-refractivity contribution in [3.63, 3.8) is 0 Å². The molecule has 0 heterocycles. The maximum absolute atomic E-state index is 13.4. The highest BCUT2D eigenvalue weighted by Crippen LogP contribution is 2.27. The summed E-state index contributed by atoms with van der Waals surface area (Å²) in [4.78, 5) is 13.2. The second-order valence-corrected chi connectivity index (χ2v) is 10.0. The van der Waals surface area contributed by atoms with Gasteiger partial charge in [-0.1, -0.05) is 32.0 Å². The number of hydrogen-bond acceptors (Lipinski definition) is 3. The molecular weight excluding hydrogens is 415 g/mol. The molecule has 2 atom stereocenters. The van der Waals surface area contributed by atoms with Crippen LogP contribution in [0.25, 0.3) is 0 Å². The number of hydrogen-bond donors (Lipinski definition) is 1. The first kappa shape index (κ1) is 23.3. The van der Waals surface area contributed by atoms with E-state index >= 15 is 0 Å². The van der Waals surface area contributed by atoms with Crippen molar-refractivity contribution < 1.29 is 17.6 Å². The van der Waals surface area contributed by atoms with Crippen LogP contribution < -0.4 is 9.62 Å². The molecule has 0 fully saturated rings. The number of amides is 1. The Bertz CT molecular complexity index is 1020. The Morgan fingerprint density at radius 3 is 2.26 bits per heavy atom. The first-order valence-corrected chi connectivity index (χ1v) is 12.8. The van der Waals surface area contributed by atoms with Crippen LogP contribution in [-0.4, -0.2) is 26.6 Å². The van der Waals surface area contributed by atoms with E-state index in [0.717, 1.165) is 29.0 Å². The number of carbonyl (C=O) groups excluding carboxylic acids is 1. The number of nitrogens with one attached hydrogen (secondary N) is 1. The summed E-state index contributed by atoms with van der Waals surface area (Å²) in [5, 5.41) is 3.06. The van der Waals surface area contributed by atoms with Crippen LogP contribution >= 0.6 is 0 Å². The summed E-state index contributed by atoms with van der Waals surface area (Å²) in [6.07, 6.45) is 6.58. The number of fused-ring (bicyclic) bond motifs is 1. The molecule has 2 aromatic carbocycles. The van der Waals surface area contributed by atoms with Gasteiger partial charge in [0.05, 0.1) is 18.0 Å². The van der Waals surface area contributed by atoms with Gasteiger partial charge in [0.1, 0.15) is 11.9 Å². The predicted octanol–water partition coefficient (Wildman–Crippen LogP) is 4.52. The lowest BCUT2D eigenvalue weighted by atomic mass is 9.88. The van der Waals surface area contributed by atoms with E-state index in [9.17, 15) is 17.6 Å². The first-order valence-electron chi connectivity index (χ1n) is 10.9. The average molecular weight is 447 g/mol. The van der Waals surface area contributed by atoms with Gasteiger partial charge in [-0.15, -0.1) is 0 Å². The van der Waals surface area contributed by atoms with E-state index < -0.39 is 21.9 Å². The zero-order chi connectivity index (χ0) is 22.6. The maximum atomic E-state index is 13.4. The number of nitrogens with zero attached hydrogens (tertiary/aromatic N) is 1. The minimum Gasteiger partial charge on any atom is -0.347 e. The number of sulfonamides is 1. The lowest BCUT2D eigenvalue weighted by Crippen LogP contribution is -2.50. The molecule has 7 heteroatoms. The summed E-state index contributed by atoms with van der Waals surface area (Å²) < 4.78 is 39.6. The fourth-order valence-corrected chi connectivity index (χ4v) is 5.52. The molecule has 0 spiro atoms. The summed E-state index contributed by atoms with van der Waals surface area (Å²) in [7, 11) is -3.76. The van der Waals surface area contributed by atoms with Crippen LogP contribution in [-0.2, 0) is 27.7 Å². The Labute approximate surface area is 184 Å². The van der Waals surface area contributed by atoms with Crippen molar-refractivity contribution in [3.05, 3.63) is 65.0 Å². The minimum atomic E-state index is -3.76. The lowest BCUT2D eigenvalue weighted by Gasteiger charge is -2.31. The molecule has 1 aliphatic rings. The van der Waals surface area contributed by atoms with Gasteiger partial charge in [0.2, 0.25) is 15.9 Å². The largest absolute Gasteiger partial charge is 0.347 e. The molecule has 0 radical (unpaired) electrons. The monoisotopic (exact) mass is 446 g/mol. The first-order chi connectivity index (χ1) is 14.7. The highest BCUT2D eigenvalue weighted by atomic mass is 32.2. The van der Waals surface area contributed by atoms with Gasteiger partial charge in [-0.3, -0.25) is 9.10 Å². The van der Waals surface area contributed by atoms with Crippen LogP contribution in [0.2, 0.25) is 0 Å². The van der Waals surface area contributed by atoms with Gasteiger partial charge in [0, 0.05) is 0 Å². The molecule has 3 rings (SSSR count). The van der Waals surface area contributed by atoms with Gasteiger partial charge in [0.15, 0.2) is 0 Å². The van der Waals surface area contributed by atoms with Gasteiger partial charge in [-0.25, -0.2) is 12.8 Å². The third-order valence-corrected chi connectivity index (χ3v) is 7.09. The summed E-state index contributed by atoms with van der Waals surface area (Å²) in [5.74, 6) is -0.824. The predicted molar refractivity (Wildman–Crippen MR) is 122 cm³/mol. The van der Waals surface area contributed by atoms with E-state index in [-0.39, 0.29) is 24.1 Å². The van der Waals surface area contributed by atoms with Crippen LogP contribution in [0.15, 0.2) is 42.5 Å². The van der Waals surface area contributed by atoms with Crippen molar-refractivity contribution in [2.75, 3.05) is 10.6 Å². The third-order valence-electron chi connectivity index (χ3n) is 5.91. The molecule has 0 unspecified atom stereocenters. The summed E-state index contributed by atoms with van der Waals surface area (Å²) in [5.41, 5.74) is 4.03.